The van der Waals surface area contributed by atoms with Gasteiger partial charge >= 0.3 is 0 Å². The Balaban J connectivity index is 1.06. The van der Waals surface area contributed by atoms with Crippen molar-refractivity contribution < 1.29 is 0 Å². The Labute approximate surface area is 365 Å². The van der Waals surface area contributed by atoms with Gasteiger partial charge in [-0.2, -0.15) is 0 Å². The summed E-state index contributed by atoms with van der Waals surface area (Å²) in [6.45, 7) is 14.6. The number of hydrogen-bond acceptors (Lipinski definition) is 2. The lowest BCUT2D eigenvalue weighted by molar-refractivity contribution is 0.792. The van der Waals surface area contributed by atoms with Gasteiger partial charge in [-0.25, -0.2) is 4.98 Å². The molecule has 1 heterocycles. The number of anilines is 2. The number of benzene rings is 7. The zero-order valence-corrected chi connectivity index (χ0v) is 35.4. The van der Waals surface area contributed by atoms with Crippen molar-refractivity contribution in [3.05, 3.63) is 253 Å². The second kappa shape index (κ2) is 15.7. The van der Waals surface area contributed by atoms with E-state index in [9.17, 15) is 0 Å². The standard InChI is InChI=1S/C59H47N3/c1-6-10-21-44(9-4)62-56-29-18-17-28-55(56)60-58(62)43-32-30-41(31-33-43)42-34-36-46(37-35-42)61(45(19-7-2)20-8-3)57-39-50-49-24-13-16-27-53(49)59(54(50)38-40(57)5)51-25-14-11-22-47(51)48-23-12-15-26-52(48)59/h6-39H,2,4H2,1,3,5H3/b10-6-,20-8-,44-21+,45-19+. The molecule has 298 valence electrons. The van der Waals surface area contributed by atoms with Crippen LogP contribution in [0.5, 0.6) is 0 Å². The molecule has 7 aromatic carbocycles. The van der Waals surface area contributed by atoms with E-state index >= 15 is 0 Å². The molecule has 0 N–H and O–H groups in total. The van der Waals surface area contributed by atoms with Crippen LogP contribution in [-0.4, -0.2) is 9.55 Å². The Morgan fingerprint density at radius 1 is 0.597 bits per heavy atom. The Kier molecular flexibility index (Phi) is 9.73. The van der Waals surface area contributed by atoms with E-state index in [1.165, 1.54) is 50.1 Å². The molecule has 0 saturated carbocycles. The van der Waals surface area contributed by atoms with Crippen molar-refractivity contribution in [2.75, 3.05) is 4.90 Å². The average molecular weight is 798 g/mol. The normalized spacial score (nSPS) is 13.7. The highest BCUT2D eigenvalue weighted by Crippen LogP contribution is 2.63. The molecule has 0 fully saturated rings. The summed E-state index contributed by atoms with van der Waals surface area (Å²) in [4.78, 5) is 7.45. The van der Waals surface area contributed by atoms with Gasteiger partial charge in [0.25, 0.3) is 0 Å². The van der Waals surface area contributed by atoms with E-state index < -0.39 is 5.41 Å². The minimum Gasteiger partial charge on any atom is -0.310 e. The molecule has 0 saturated heterocycles. The van der Waals surface area contributed by atoms with Crippen LogP contribution in [0, 0.1) is 6.92 Å². The monoisotopic (exact) mass is 797 g/mol. The zero-order chi connectivity index (χ0) is 42.4. The van der Waals surface area contributed by atoms with Gasteiger partial charge in [-0.3, -0.25) is 4.57 Å². The lowest BCUT2D eigenvalue weighted by atomic mass is 9.70. The number of aryl methyl sites for hydroxylation is 1. The van der Waals surface area contributed by atoms with Gasteiger partial charge in [0, 0.05) is 28.3 Å². The van der Waals surface area contributed by atoms with E-state index in [2.05, 4.69) is 212 Å². The second-order valence-corrected chi connectivity index (χ2v) is 15.9. The van der Waals surface area contributed by atoms with E-state index in [1.54, 1.807) is 0 Å². The highest BCUT2D eigenvalue weighted by Gasteiger charge is 2.51. The van der Waals surface area contributed by atoms with Gasteiger partial charge in [0.05, 0.1) is 16.4 Å². The van der Waals surface area contributed by atoms with Gasteiger partial charge in [0.2, 0.25) is 0 Å². The first-order chi connectivity index (χ1) is 30.5. The van der Waals surface area contributed by atoms with Crippen LogP contribution in [0.4, 0.5) is 11.4 Å². The van der Waals surface area contributed by atoms with Crippen molar-refractivity contribution in [1.29, 1.82) is 0 Å². The van der Waals surface area contributed by atoms with E-state index in [-0.39, 0.29) is 0 Å². The first-order valence-corrected chi connectivity index (χ1v) is 21.4. The Bertz CT molecular complexity index is 3140. The van der Waals surface area contributed by atoms with Gasteiger partial charge in [0.15, 0.2) is 0 Å². The lowest BCUT2D eigenvalue weighted by Crippen LogP contribution is -2.26. The van der Waals surface area contributed by atoms with Crippen LogP contribution in [0.2, 0.25) is 0 Å². The summed E-state index contributed by atoms with van der Waals surface area (Å²) in [6.07, 6.45) is 16.2. The van der Waals surface area contributed by atoms with Crippen LogP contribution < -0.4 is 4.90 Å². The summed E-state index contributed by atoms with van der Waals surface area (Å²) in [5, 5.41) is 0. The zero-order valence-electron chi connectivity index (χ0n) is 35.4. The molecule has 3 heteroatoms. The van der Waals surface area contributed by atoms with E-state index in [0.717, 1.165) is 56.3 Å². The Morgan fingerprint density at radius 3 is 1.76 bits per heavy atom. The van der Waals surface area contributed by atoms with Crippen molar-refractivity contribution in [3.63, 3.8) is 0 Å². The molecule has 3 nitrogen and oxygen atoms in total. The summed E-state index contributed by atoms with van der Waals surface area (Å²) in [6, 6.07) is 57.7. The number of allylic oxidation sites excluding steroid dienone is 9. The van der Waals surface area contributed by atoms with Crippen molar-refractivity contribution in [1.82, 2.24) is 9.55 Å². The number of rotatable bonds is 10. The largest absolute Gasteiger partial charge is 0.310 e. The molecule has 1 aromatic heterocycles. The molecule has 0 aliphatic heterocycles. The Morgan fingerprint density at radius 2 is 1.16 bits per heavy atom. The molecule has 1 spiro atoms. The van der Waals surface area contributed by atoms with Crippen molar-refractivity contribution >= 4 is 28.1 Å². The second-order valence-electron chi connectivity index (χ2n) is 15.9. The third kappa shape index (κ3) is 5.92. The highest BCUT2D eigenvalue weighted by molar-refractivity contribution is 5.97. The van der Waals surface area contributed by atoms with E-state index in [0.29, 0.717) is 0 Å². The van der Waals surface area contributed by atoms with Crippen LogP contribution in [0.3, 0.4) is 0 Å². The smallest absolute Gasteiger partial charge is 0.145 e. The van der Waals surface area contributed by atoms with Crippen LogP contribution in [0.25, 0.3) is 61.5 Å². The minimum absolute atomic E-state index is 0.392. The number of fused-ring (bicyclic) bond motifs is 11. The Hall–Kier alpha value is -7.75. The van der Waals surface area contributed by atoms with Crippen LogP contribution in [0.15, 0.2) is 225 Å². The van der Waals surface area contributed by atoms with Crippen LogP contribution >= 0.6 is 0 Å². The first-order valence-electron chi connectivity index (χ1n) is 21.4. The molecule has 0 unspecified atom stereocenters. The van der Waals surface area contributed by atoms with Crippen LogP contribution in [0.1, 0.15) is 41.7 Å². The van der Waals surface area contributed by atoms with Crippen LogP contribution in [-0.2, 0) is 5.41 Å². The van der Waals surface area contributed by atoms with Gasteiger partial charge in [0.1, 0.15) is 5.82 Å². The molecule has 2 aliphatic rings. The van der Waals surface area contributed by atoms with Gasteiger partial charge in [-0.05, 0) is 137 Å². The molecule has 8 aromatic rings. The van der Waals surface area contributed by atoms with Gasteiger partial charge in [-0.1, -0.05) is 165 Å². The highest BCUT2D eigenvalue weighted by atomic mass is 15.1. The SMILES string of the molecule is C=C/C=C(\C=C/C)N(c1ccc(-c2ccc(-c3nc4ccccc4n3/C(C=C)=C/C=C\C)cc2)cc1)c1cc2c(cc1C)C1(c3ccccc3-c3ccccc31)c1ccccc1-2. The molecule has 0 amide bonds. The number of para-hydroxylation sites is 2. The summed E-state index contributed by atoms with van der Waals surface area (Å²) in [7, 11) is 0. The third-order valence-electron chi connectivity index (χ3n) is 12.5. The van der Waals surface area contributed by atoms with Crippen molar-refractivity contribution in [2.45, 2.75) is 26.2 Å². The number of nitrogens with zero attached hydrogens (tertiary/aromatic N) is 3. The predicted octanol–water partition coefficient (Wildman–Crippen LogP) is 15.4. The molecule has 62 heavy (non-hydrogen) atoms. The van der Waals surface area contributed by atoms with Crippen molar-refractivity contribution in [3.8, 4) is 44.8 Å². The quantitative estimate of drug-likeness (QED) is 0.129. The first kappa shape index (κ1) is 38.5. The summed E-state index contributed by atoms with van der Waals surface area (Å²) < 4.78 is 2.19. The minimum atomic E-state index is -0.392. The topological polar surface area (TPSA) is 21.1 Å². The fourth-order valence-electron chi connectivity index (χ4n) is 9.92. The lowest BCUT2D eigenvalue weighted by Gasteiger charge is -2.32. The maximum Gasteiger partial charge on any atom is 0.145 e. The summed E-state index contributed by atoms with van der Waals surface area (Å²) in [5.41, 5.74) is 20.8. The van der Waals surface area contributed by atoms with Gasteiger partial charge in [-0.15, -0.1) is 0 Å². The maximum atomic E-state index is 5.08. The van der Waals surface area contributed by atoms with E-state index in [4.69, 9.17) is 4.98 Å². The summed E-state index contributed by atoms with van der Waals surface area (Å²) in [5.74, 6) is 0.879. The number of aromatic nitrogens is 2. The number of imidazole rings is 1. The molecular weight excluding hydrogens is 751 g/mol. The van der Waals surface area contributed by atoms with Gasteiger partial charge < -0.3 is 4.90 Å². The molecule has 0 bridgehead atoms. The third-order valence-corrected chi connectivity index (χ3v) is 12.5. The molecule has 0 radical (unpaired) electrons. The molecule has 10 rings (SSSR count). The fraction of sp³-hybridized carbons (Fsp3) is 0.0678. The molecular formula is C59H47N3. The van der Waals surface area contributed by atoms with E-state index in [1.807, 2.05) is 37.3 Å². The average Bonchev–Trinajstić information content (AvgIpc) is 3.94. The predicted molar refractivity (Wildman–Crippen MR) is 263 cm³/mol. The fourth-order valence-corrected chi connectivity index (χ4v) is 9.92. The molecule has 2 aliphatic carbocycles. The summed E-state index contributed by atoms with van der Waals surface area (Å²) >= 11 is 0. The molecule has 0 atom stereocenters. The maximum absolute atomic E-state index is 5.08. The number of hydrogen-bond donors (Lipinski definition) is 0. The van der Waals surface area contributed by atoms with Crippen molar-refractivity contribution in [2.24, 2.45) is 0 Å².